The monoisotopic (exact) mass is 324 g/mol. The molecule has 0 saturated carbocycles. The van der Waals surface area contributed by atoms with Crippen LogP contribution in [-0.4, -0.2) is 13.3 Å². The quantitative estimate of drug-likeness (QED) is 0.576. The molecule has 3 heteroatoms. The van der Waals surface area contributed by atoms with Crippen LogP contribution < -0.4 is 0 Å². The van der Waals surface area contributed by atoms with Crippen molar-refractivity contribution in [1.82, 2.24) is 0 Å². The van der Waals surface area contributed by atoms with Crippen LogP contribution in [0.5, 0.6) is 0 Å². The van der Waals surface area contributed by atoms with Gasteiger partial charge in [0.25, 0.3) is 0 Å². The molecule has 0 amide bonds. The van der Waals surface area contributed by atoms with Gasteiger partial charge in [-0.1, -0.05) is 72.8 Å². The lowest BCUT2D eigenvalue weighted by Gasteiger charge is -2.19. The Hall–Kier alpha value is -2.52. The van der Waals surface area contributed by atoms with Gasteiger partial charge in [0.05, 0.1) is 6.61 Å². The van der Waals surface area contributed by atoms with Crippen LogP contribution in [0.25, 0.3) is 11.1 Å². The molecule has 24 heavy (non-hydrogen) atoms. The van der Waals surface area contributed by atoms with Gasteiger partial charge < -0.3 is 4.74 Å². The summed E-state index contributed by atoms with van der Waals surface area (Å²) in [5.74, 6) is -0.353. The largest absolute Gasteiger partial charge is 0.366 e. The SMILES string of the molecule is FCCOC(c1ccc(-c2ccccc2)cc1)c1ccccc1F. The number of ether oxygens (including phenoxy) is 1. The maximum atomic E-state index is 14.1. The summed E-state index contributed by atoms with van der Waals surface area (Å²) in [5.41, 5.74) is 3.39. The molecule has 1 unspecified atom stereocenters. The van der Waals surface area contributed by atoms with Gasteiger partial charge in [0.1, 0.15) is 18.6 Å². The van der Waals surface area contributed by atoms with Crippen LogP contribution in [0.1, 0.15) is 17.2 Å². The van der Waals surface area contributed by atoms with Crippen LogP contribution in [-0.2, 0) is 4.74 Å². The minimum absolute atomic E-state index is 0.0700. The predicted octanol–water partition coefficient (Wildman–Crippen LogP) is 5.57. The van der Waals surface area contributed by atoms with Crippen LogP contribution >= 0.6 is 0 Å². The van der Waals surface area contributed by atoms with E-state index in [1.807, 2.05) is 54.6 Å². The Bertz CT molecular complexity index is 769. The highest BCUT2D eigenvalue weighted by molar-refractivity contribution is 5.63. The van der Waals surface area contributed by atoms with Crippen molar-refractivity contribution in [3.05, 3.63) is 95.8 Å². The normalized spacial score (nSPS) is 12.1. The van der Waals surface area contributed by atoms with Crippen molar-refractivity contribution in [3.8, 4) is 11.1 Å². The molecule has 0 aliphatic heterocycles. The molecule has 0 aromatic heterocycles. The number of rotatable bonds is 6. The summed E-state index contributed by atoms with van der Waals surface area (Å²) in [6.45, 7) is -0.674. The van der Waals surface area contributed by atoms with Crippen molar-refractivity contribution in [2.24, 2.45) is 0 Å². The molecule has 3 aromatic carbocycles. The predicted molar refractivity (Wildman–Crippen MR) is 92.0 cm³/mol. The van der Waals surface area contributed by atoms with Crippen LogP contribution in [0.4, 0.5) is 8.78 Å². The molecule has 0 heterocycles. The molecule has 1 atom stereocenters. The fraction of sp³-hybridized carbons (Fsp3) is 0.143. The smallest absolute Gasteiger partial charge is 0.129 e. The molecule has 0 saturated heterocycles. The van der Waals surface area contributed by atoms with E-state index < -0.39 is 12.8 Å². The molecule has 0 bridgehead atoms. The van der Waals surface area contributed by atoms with Crippen molar-refractivity contribution in [2.45, 2.75) is 6.10 Å². The maximum absolute atomic E-state index is 14.1. The summed E-state index contributed by atoms with van der Waals surface area (Å²) >= 11 is 0. The highest BCUT2D eigenvalue weighted by Crippen LogP contribution is 2.30. The van der Waals surface area contributed by atoms with E-state index in [9.17, 15) is 8.78 Å². The van der Waals surface area contributed by atoms with E-state index in [2.05, 4.69) is 0 Å². The van der Waals surface area contributed by atoms with Gasteiger partial charge in [-0.25, -0.2) is 8.78 Å². The van der Waals surface area contributed by atoms with Crippen LogP contribution in [0.15, 0.2) is 78.9 Å². The minimum Gasteiger partial charge on any atom is -0.366 e. The summed E-state index contributed by atoms with van der Waals surface area (Å²) in [5, 5.41) is 0. The average Bonchev–Trinajstić information content (AvgIpc) is 2.64. The minimum atomic E-state index is -0.619. The first kappa shape index (κ1) is 16.3. The summed E-state index contributed by atoms with van der Waals surface area (Å²) in [7, 11) is 0. The van der Waals surface area contributed by atoms with Gasteiger partial charge in [-0.05, 0) is 22.8 Å². The molecule has 0 aliphatic carbocycles. The molecule has 3 aromatic rings. The molecular weight excluding hydrogens is 306 g/mol. The summed E-state index contributed by atoms with van der Waals surface area (Å²) in [4.78, 5) is 0. The van der Waals surface area contributed by atoms with E-state index in [0.717, 1.165) is 16.7 Å². The van der Waals surface area contributed by atoms with Gasteiger partial charge in [-0.15, -0.1) is 0 Å². The molecule has 122 valence electrons. The second kappa shape index (κ2) is 7.84. The molecule has 0 aliphatic rings. The Morgan fingerprint density at radius 3 is 2.04 bits per heavy atom. The number of halogens is 2. The first-order valence-corrected chi connectivity index (χ1v) is 7.87. The summed E-state index contributed by atoms with van der Waals surface area (Å²) in [6.07, 6.45) is -0.619. The lowest BCUT2D eigenvalue weighted by atomic mass is 9.97. The van der Waals surface area contributed by atoms with Gasteiger partial charge >= 0.3 is 0 Å². The third kappa shape index (κ3) is 3.69. The fourth-order valence-corrected chi connectivity index (χ4v) is 2.70. The maximum Gasteiger partial charge on any atom is 0.129 e. The van der Waals surface area contributed by atoms with Gasteiger partial charge in [0.15, 0.2) is 0 Å². The number of hydrogen-bond acceptors (Lipinski definition) is 1. The third-order valence-corrected chi connectivity index (χ3v) is 3.87. The average molecular weight is 324 g/mol. The molecule has 0 N–H and O–H groups in total. The lowest BCUT2D eigenvalue weighted by molar-refractivity contribution is 0.0670. The van der Waals surface area contributed by atoms with E-state index in [1.165, 1.54) is 6.07 Å². The van der Waals surface area contributed by atoms with E-state index in [-0.39, 0.29) is 12.4 Å². The Labute approximate surface area is 140 Å². The van der Waals surface area contributed by atoms with E-state index >= 15 is 0 Å². The van der Waals surface area contributed by atoms with Crippen molar-refractivity contribution < 1.29 is 13.5 Å². The van der Waals surface area contributed by atoms with Gasteiger partial charge in [-0.3, -0.25) is 0 Å². The number of hydrogen-bond donors (Lipinski definition) is 0. The van der Waals surface area contributed by atoms with Gasteiger partial charge in [0.2, 0.25) is 0 Å². The Kier molecular flexibility index (Phi) is 5.34. The second-order valence-corrected chi connectivity index (χ2v) is 5.45. The van der Waals surface area contributed by atoms with E-state index in [4.69, 9.17) is 4.74 Å². The zero-order valence-corrected chi connectivity index (χ0v) is 13.2. The highest BCUT2D eigenvalue weighted by Gasteiger charge is 2.18. The standard InChI is InChI=1S/C21H18F2O/c22-14-15-24-21(19-8-4-5-9-20(19)23)18-12-10-17(11-13-18)16-6-2-1-3-7-16/h1-13,21H,14-15H2. The van der Waals surface area contributed by atoms with Crippen LogP contribution in [0.3, 0.4) is 0 Å². The first-order valence-electron chi connectivity index (χ1n) is 7.87. The van der Waals surface area contributed by atoms with Crippen molar-refractivity contribution in [1.29, 1.82) is 0 Å². The zero-order valence-electron chi connectivity index (χ0n) is 13.2. The lowest BCUT2D eigenvalue weighted by Crippen LogP contribution is -2.10. The Balaban J connectivity index is 1.92. The van der Waals surface area contributed by atoms with Gasteiger partial charge in [-0.2, -0.15) is 0 Å². The second-order valence-electron chi connectivity index (χ2n) is 5.45. The zero-order chi connectivity index (χ0) is 16.8. The Morgan fingerprint density at radius 1 is 0.750 bits per heavy atom. The topological polar surface area (TPSA) is 9.23 Å². The summed E-state index contributed by atoms with van der Waals surface area (Å²) < 4.78 is 32.3. The van der Waals surface area contributed by atoms with E-state index in [1.54, 1.807) is 18.2 Å². The molecule has 0 spiro atoms. The molecule has 0 radical (unpaired) electrons. The first-order chi connectivity index (χ1) is 11.8. The molecule has 0 fully saturated rings. The molecular formula is C21H18F2O. The van der Waals surface area contributed by atoms with Crippen molar-refractivity contribution >= 4 is 0 Å². The fourth-order valence-electron chi connectivity index (χ4n) is 2.70. The van der Waals surface area contributed by atoms with Crippen LogP contribution in [0.2, 0.25) is 0 Å². The number of alkyl halides is 1. The van der Waals surface area contributed by atoms with Gasteiger partial charge in [0, 0.05) is 5.56 Å². The molecule has 3 rings (SSSR count). The third-order valence-electron chi connectivity index (χ3n) is 3.87. The highest BCUT2D eigenvalue weighted by atomic mass is 19.1. The van der Waals surface area contributed by atoms with Crippen molar-refractivity contribution in [2.75, 3.05) is 13.3 Å². The van der Waals surface area contributed by atoms with Crippen LogP contribution in [0, 0.1) is 5.82 Å². The number of benzene rings is 3. The van der Waals surface area contributed by atoms with Crippen molar-refractivity contribution in [3.63, 3.8) is 0 Å². The summed E-state index contributed by atoms with van der Waals surface area (Å²) in [6, 6.07) is 24.2. The molecule has 1 nitrogen and oxygen atoms in total. The Morgan fingerprint density at radius 2 is 1.38 bits per heavy atom. The van der Waals surface area contributed by atoms with E-state index in [0.29, 0.717) is 5.56 Å².